The van der Waals surface area contributed by atoms with E-state index in [1.165, 1.54) is 0 Å². The van der Waals surface area contributed by atoms with Gasteiger partial charge in [0.25, 0.3) is 0 Å². The number of esters is 1. The smallest absolute Gasteiger partial charge is 0.306 e. The first kappa shape index (κ1) is 27.9. The van der Waals surface area contributed by atoms with Crippen molar-refractivity contribution in [3.63, 3.8) is 0 Å². The number of ether oxygens (including phenoxy) is 3. The van der Waals surface area contributed by atoms with Crippen molar-refractivity contribution < 1.29 is 28.1 Å². The van der Waals surface area contributed by atoms with Gasteiger partial charge in [0.1, 0.15) is 22.5 Å². The van der Waals surface area contributed by atoms with Gasteiger partial charge in [-0.3, -0.25) is 18.9 Å². The number of fused-ring (bicyclic) bond motifs is 1. The largest absolute Gasteiger partial charge is 0.495 e. The van der Waals surface area contributed by atoms with E-state index in [0.717, 1.165) is 27.9 Å². The molecular weight excluding hydrogens is 504 g/mol. The minimum absolute atomic E-state index is 0.142. The van der Waals surface area contributed by atoms with Crippen molar-refractivity contribution in [1.82, 2.24) is 9.29 Å². The lowest BCUT2D eigenvalue weighted by atomic mass is 9.86. The molecule has 0 bridgehead atoms. The lowest BCUT2D eigenvalue weighted by Gasteiger charge is -2.42. The molecule has 4 rings (SSSR count). The maximum Gasteiger partial charge on any atom is 0.306 e. The van der Waals surface area contributed by atoms with E-state index in [2.05, 4.69) is 4.98 Å². The van der Waals surface area contributed by atoms with Crippen LogP contribution in [0.5, 0.6) is 11.5 Å². The number of carbonyl (C=O) groups is 1. The normalized spacial score (nSPS) is 18.4. The summed E-state index contributed by atoms with van der Waals surface area (Å²) in [6.45, 7) is 8.55. The molecule has 0 spiro atoms. The van der Waals surface area contributed by atoms with E-state index >= 15 is 0 Å². The van der Waals surface area contributed by atoms with E-state index in [1.54, 1.807) is 42.7 Å². The van der Waals surface area contributed by atoms with E-state index in [1.807, 2.05) is 51.1 Å². The first-order valence-corrected chi connectivity index (χ1v) is 14.2. The maximum atomic E-state index is 12.7. The van der Waals surface area contributed by atoms with Crippen LogP contribution in [-0.4, -0.2) is 50.7 Å². The first-order valence-electron chi connectivity index (χ1n) is 12.7. The molecule has 0 amide bonds. The molecule has 2 atom stereocenters. The molecule has 1 aromatic heterocycles. The highest BCUT2D eigenvalue weighted by atomic mass is 32.3. The molecule has 2 unspecified atom stereocenters. The van der Waals surface area contributed by atoms with E-state index < -0.39 is 10.8 Å². The summed E-state index contributed by atoms with van der Waals surface area (Å²) in [4.78, 5) is 17.5. The second kappa shape index (κ2) is 11.7. The van der Waals surface area contributed by atoms with E-state index in [-0.39, 0.29) is 24.4 Å². The van der Waals surface area contributed by atoms with Gasteiger partial charge in [-0.05, 0) is 68.1 Å². The molecule has 2 N–H and O–H groups in total. The Labute approximate surface area is 226 Å². The van der Waals surface area contributed by atoms with Gasteiger partial charge < -0.3 is 14.2 Å². The SMILES string of the molecule is CCOC(=O)CC(c1ccc(C)c(CN2CC(C)Oc3ccccc3S2(O)O)c1)c1cc(OC)cnc1C. The molecule has 8 nitrogen and oxygen atoms in total. The molecule has 0 fully saturated rings. The number of para-hydroxylation sites is 1. The molecule has 2 aromatic carbocycles. The van der Waals surface area contributed by atoms with Crippen LogP contribution in [0.1, 0.15) is 54.1 Å². The van der Waals surface area contributed by atoms with Gasteiger partial charge in [-0.1, -0.05) is 30.3 Å². The topological polar surface area (TPSA) is 101 Å². The molecule has 3 aromatic rings. The third kappa shape index (κ3) is 5.96. The minimum atomic E-state index is -3.29. The first-order chi connectivity index (χ1) is 18.1. The van der Waals surface area contributed by atoms with Crippen molar-refractivity contribution in [2.24, 2.45) is 0 Å². The molecule has 1 aliphatic heterocycles. The quantitative estimate of drug-likeness (QED) is 0.331. The molecule has 204 valence electrons. The summed E-state index contributed by atoms with van der Waals surface area (Å²) in [6, 6.07) is 15.0. The minimum Gasteiger partial charge on any atom is -0.495 e. The maximum absolute atomic E-state index is 12.7. The van der Waals surface area contributed by atoms with Crippen LogP contribution in [0.2, 0.25) is 0 Å². The zero-order chi connectivity index (χ0) is 27.4. The van der Waals surface area contributed by atoms with Crippen LogP contribution in [0.25, 0.3) is 0 Å². The summed E-state index contributed by atoms with van der Waals surface area (Å²) in [5, 5.41) is 0. The number of nitrogens with zero attached hydrogens (tertiary/aromatic N) is 2. The zero-order valence-electron chi connectivity index (χ0n) is 22.5. The van der Waals surface area contributed by atoms with Gasteiger partial charge >= 0.3 is 5.97 Å². The Bertz CT molecular complexity index is 1300. The average Bonchev–Trinajstić information content (AvgIpc) is 2.98. The van der Waals surface area contributed by atoms with Crippen LogP contribution in [0, 0.1) is 13.8 Å². The van der Waals surface area contributed by atoms with E-state index in [0.29, 0.717) is 36.1 Å². The number of aryl methyl sites for hydroxylation is 2. The Morgan fingerprint density at radius 1 is 1.21 bits per heavy atom. The monoisotopic (exact) mass is 540 g/mol. The van der Waals surface area contributed by atoms with Crippen molar-refractivity contribution in [2.75, 3.05) is 20.3 Å². The van der Waals surface area contributed by atoms with E-state index in [4.69, 9.17) is 14.2 Å². The predicted molar refractivity (Wildman–Crippen MR) is 148 cm³/mol. The fourth-order valence-electron chi connectivity index (χ4n) is 4.77. The third-order valence-electron chi connectivity index (χ3n) is 6.80. The predicted octanol–water partition coefficient (Wildman–Crippen LogP) is 6.10. The standard InChI is InChI=1S/C29H36N2O6S/c1-6-36-29(32)15-26(25-14-24(35-5)16-30-21(25)4)22-12-11-19(2)23(13-22)18-31-17-20(3)37-27-9-7-8-10-28(27)38(31,33)34/h7-14,16,20,26,33-34H,6,15,17-18H2,1-5H3. The highest BCUT2D eigenvalue weighted by Gasteiger charge is 2.34. The Morgan fingerprint density at radius 3 is 2.71 bits per heavy atom. The van der Waals surface area contributed by atoms with Gasteiger partial charge in [0.2, 0.25) is 0 Å². The number of hydrogen-bond donors (Lipinski definition) is 2. The van der Waals surface area contributed by atoms with Crippen LogP contribution in [0.15, 0.2) is 59.6 Å². The number of methoxy groups -OCH3 is 1. The molecule has 0 saturated heterocycles. The second-order valence-corrected chi connectivity index (χ2v) is 11.5. The Balaban J connectivity index is 1.74. The summed E-state index contributed by atoms with van der Waals surface area (Å²) in [5.74, 6) is 0.482. The zero-order valence-corrected chi connectivity index (χ0v) is 23.3. The lowest BCUT2D eigenvalue weighted by Crippen LogP contribution is -2.33. The van der Waals surface area contributed by atoms with Gasteiger partial charge in [0, 0.05) is 18.2 Å². The Kier molecular flexibility index (Phi) is 8.62. The van der Waals surface area contributed by atoms with Crippen LogP contribution in [0.3, 0.4) is 0 Å². The van der Waals surface area contributed by atoms with Crippen molar-refractivity contribution in [1.29, 1.82) is 0 Å². The van der Waals surface area contributed by atoms with Crippen molar-refractivity contribution in [3.05, 3.63) is 82.7 Å². The Morgan fingerprint density at radius 2 is 1.97 bits per heavy atom. The number of pyridine rings is 1. The number of aromatic nitrogens is 1. The number of carbonyl (C=O) groups excluding carboxylic acids is 1. The van der Waals surface area contributed by atoms with Crippen molar-refractivity contribution in [2.45, 2.75) is 57.6 Å². The van der Waals surface area contributed by atoms with Crippen LogP contribution >= 0.6 is 10.8 Å². The molecule has 0 saturated carbocycles. The van der Waals surface area contributed by atoms with Crippen LogP contribution < -0.4 is 9.47 Å². The van der Waals surface area contributed by atoms with Gasteiger partial charge in [0.15, 0.2) is 0 Å². The third-order valence-corrected chi connectivity index (χ3v) is 8.73. The van der Waals surface area contributed by atoms with Gasteiger partial charge in [0.05, 0.1) is 32.9 Å². The second-order valence-electron chi connectivity index (χ2n) is 9.51. The van der Waals surface area contributed by atoms with Gasteiger partial charge in [-0.25, -0.2) is 0 Å². The van der Waals surface area contributed by atoms with Crippen LogP contribution in [-0.2, 0) is 16.1 Å². The van der Waals surface area contributed by atoms with Gasteiger partial charge in [-0.15, -0.1) is 10.8 Å². The fraction of sp³-hybridized carbons (Fsp3) is 0.379. The molecule has 2 heterocycles. The summed E-state index contributed by atoms with van der Waals surface area (Å²) in [7, 11) is -1.70. The number of benzene rings is 2. The number of rotatable bonds is 8. The highest BCUT2D eigenvalue weighted by molar-refractivity contribution is 8.22. The fourth-order valence-corrected chi connectivity index (χ4v) is 6.43. The van der Waals surface area contributed by atoms with Crippen molar-refractivity contribution >= 4 is 16.7 Å². The molecular formula is C29H36N2O6S. The summed E-state index contributed by atoms with van der Waals surface area (Å²) < 4.78 is 41.1. The average molecular weight is 541 g/mol. The lowest BCUT2D eigenvalue weighted by molar-refractivity contribution is -0.143. The summed E-state index contributed by atoms with van der Waals surface area (Å²) in [5.41, 5.74) is 4.52. The molecule has 0 aliphatic carbocycles. The highest BCUT2D eigenvalue weighted by Crippen LogP contribution is 2.57. The molecule has 38 heavy (non-hydrogen) atoms. The van der Waals surface area contributed by atoms with Gasteiger partial charge in [-0.2, -0.15) is 4.31 Å². The molecule has 0 radical (unpaired) electrons. The summed E-state index contributed by atoms with van der Waals surface area (Å²) >= 11 is 0. The van der Waals surface area contributed by atoms with Crippen molar-refractivity contribution in [3.8, 4) is 11.5 Å². The number of hydrogen-bond acceptors (Lipinski definition) is 8. The summed E-state index contributed by atoms with van der Waals surface area (Å²) in [6.07, 6.45) is 1.56. The molecule has 1 aliphatic rings. The van der Waals surface area contributed by atoms with Crippen LogP contribution in [0.4, 0.5) is 0 Å². The van der Waals surface area contributed by atoms with E-state index in [9.17, 15) is 13.9 Å². The molecule has 9 heteroatoms. The Hall–Kier alpha value is -3.11.